The molecule has 0 aliphatic heterocycles. The Balaban J connectivity index is 1.92. The maximum absolute atomic E-state index is 11.5. The summed E-state index contributed by atoms with van der Waals surface area (Å²) in [5.74, 6) is 0.628. The number of aromatic amines is 1. The average Bonchev–Trinajstić information content (AvgIpc) is 2.87. The maximum Gasteiger partial charge on any atom is 0.337 e. The Labute approximate surface area is 121 Å². The van der Waals surface area contributed by atoms with Gasteiger partial charge in [0.05, 0.1) is 23.7 Å². The minimum atomic E-state index is -0.380. The Morgan fingerprint density at radius 3 is 2.90 bits per heavy atom. The fourth-order valence-corrected chi connectivity index (χ4v) is 2.25. The number of aromatic nitrogens is 2. The molecule has 2 aromatic carbocycles. The normalized spacial score (nSPS) is 10.7. The van der Waals surface area contributed by atoms with Crippen LogP contribution in [0.2, 0.25) is 0 Å². The minimum Gasteiger partial charge on any atom is -0.508 e. The van der Waals surface area contributed by atoms with Crippen molar-refractivity contribution in [1.82, 2.24) is 9.97 Å². The number of H-pyrrole nitrogens is 1. The van der Waals surface area contributed by atoms with Gasteiger partial charge in [-0.2, -0.15) is 0 Å². The zero-order chi connectivity index (χ0) is 14.8. The van der Waals surface area contributed by atoms with Crippen molar-refractivity contribution in [2.45, 2.75) is 6.42 Å². The van der Waals surface area contributed by atoms with Gasteiger partial charge < -0.3 is 14.8 Å². The van der Waals surface area contributed by atoms with E-state index in [4.69, 9.17) is 4.74 Å². The SMILES string of the molecule is COC(=O)c1ccc2[nH]c(Cc3cccc(O)c3)nc2c1. The molecule has 1 aromatic heterocycles. The Kier molecular flexibility index (Phi) is 3.31. The summed E-state index contributed by atoms with van der Waals surface area (Å²) in [4.78, 5) is 19.2. The lowest BCUT2D eigenvalue weighted by atomic mass is 10.1. The predicted molar refractivity (Wildman–Crippen MR) is 78.3 cm³/mol. The fourth-order valence-electron chi connectivity index (χ4n) is 2.25. The lowest BCUT2D eigenvalue weighted by molar-refractivity contribution is 0.0601. The summed E-state index contributed by atoms with van der Waals surface area (Å²) in [6.45, 7) is 0. The number of nitrogens with zero attached hydrogens (tertiary/aromatic N) is 1. The molecule has 0 aliphatic rings. The first-order valence-electron chi connectivity index (χ1n) is 6.50. The van der Waals surface area contributed by atoms with Crippen LogP contribution >= 0.6 is 0 Å². The van der Waals surface area contributed by atoms with E-state index in [0.717, 1.165) is 16.9 Å². The van der Waals surface area contributed by atoms with Gasteiger partial charge >= 0.3 is 5.97 Å². The lowest BCUT2D eigenvalue weighted by Crippen LogP contribution is -2.00. The highest BCUT2D eigenvalue weighted by atomic mass is 16.5. The molecule has 0 radical (unpaired) electrons. The van der Waals surface area contributed by atoms with E-state index in [1.54, 1.807) is 36.4 Å². The van der Waals surface area contributed by atoms with Crippen molar-refractivity contribution in [3.8, 4) is 5.75 Å². The largest absolute Gasteiger partial charge is 0.508 e. The van der Waals surface area contributed by atoms with Gasteiger partial charge in [-0.1, -0.05) is 12.1 Å². The Hall–Kier alpha value is -2.82. The number of nitrogens with one attached hydrogen (secondary N) is 1. The number of hydrogen-bond acceptors (Lipinski definition) is 4. The molecule has 5 nitrogen and oxygen atoms in total. The number of phenols is 1. The standard InChI is InChI=1S/C16H14N2O3/c1-21-16(20)11-5-6-13-14(9-11)18-15(17-13)8-10-3-2-4-12(19)7-10/h2-7,9,19H,8H2,1H3,(H,17,18). The number of esters is 1. The first kappa shape index (κ1) is 13.2. The molecule has 5 heteroatoms. The number of carbonyl (C=O) groups excluding carboxylic acids is 1. The van der Waals surface area contributed by atoms with Crippen molar-refractivity contribution in [3.05, 3.63) is 59.4 Å². The van der Waals surface area contributed by atoms with Gasteiger partial charge in [0, 0.05) is 6.42 Å². The van der Waals surface area contributed by atoms with Crippen LogP contribution in [0.15, 0.2) is 42.5 Å². The van der Waals surface area contributed by atoms with Gasteiger partial charge in [-0.3, -0.25) is 0 Å². The molecule has 21 heavy (non-hydrogen) atoms. The highest BCUT2D eigenvalue weighted by Gasteiger charge is 2.09. The predicted octanol–water partition coefficient (Wildman–Crippen LogP) is 2.65. The molecule has 0 saturated heterocycles. The fraction of sp³-hybridized carbons (Fsp3) is 0.125. The van der Waals surface area contributed by atoms with Gasteiger partial charge in [-0.05, 0) is 35.9 Å². The van der Waals surface area contributed by atoms with Crippen molar-refractivity contribution in [2.75, 3.05) is 7.11 Å². The number of benzene rings is 2. The summed E-state index contributed by atoms with van der Waals surface area (Å²) in [6, 6.07) is 12.3. The molecule has 3 aromatic rings. The van der Waals surface area contributed by atoms with Crippen LogP contribution in [0.3, 0.4) is 0 Å². The van der Waals surface area contributed by atoms with Crippen molar-refractivity contribution < 1.29 is 14.6 Å². The third kappa shape index (κ3) is 2.72. The quantitative estimate of drug-likeness (QED) is 0.724. The van der Waals surface area contributed by atoms with Gasteiger partial charge in [0.1, 0.15) is 11.6 Å². The molecule has 0 unspecified atom stereocenters. The molecule has 3 rings (SSSR count). The Bertz CT molecular complexity index is 808. The number of rotatable bonds is 3. The lowest BCUT2D eigenvalue weighted by Gasteiger charge is -1.98. The molecule has 0 aliphatic carbocycles. The van der Waals surface area contributed by atoms with E-state index >= 15 is 0 Å². The molecule has 106 valence electrons. The summed E-state index contributed by atoms with van der Waals surface area (Å²) < 4.78 is 4.70. The molecule has 0 amide bonds. The van der Waals surface area contributed by atoms with Gasteiger partial charge in [-0.15, -0.1) is 0 Å². The Morgan fingerprint density at radius 2 is 2.14 bits per heavy atom. The van der Waals surface area contributed by atoms with Crippen LogP contribution in [0.25, 0.3) is 11.0 Å². The monoisotopic (exact) mass is 282 g/mol. The molecular formula is C16H14N2O3. The summed E-state index contributed by atoms with van der Waals surface area (Å²) in [7, 11) is 1.35. The van der Waals surface area contributed by atoms with Crippen molar-refractivity contribution >= 4 is 17.0 Å². The van der Waals surface area contributed by atoms with Crippen LogP contribution in [-0.4, -0.2) is 28.2 Å². The van der Waals surface area contributed by atoms with Gasteiger partial charge in [0.25, 0.3) is 0 Å². The first-order chi connectivity index (χ1) is 10.2. The second-order valence-electron chi connectivity index (χ2n) is 4.75. The molecule has 1 heterocycles. The molecule has 0 bridgehead atoms. The molecule has 0 atom stereocenters. The molecular weight excluding hydrogens is 268 g/mol. The highest BCUT2D eigenvalue weighted by Crippen LogP contribution is 2.18. The molecule has 0 spiro atoms. The summed E-state index contributed by atoms with van der Waals surface area (Å²) in [5, 5.41) is 9.47. The van der Waals surface area contributed by atoms with E-state index in [-0.39, 0.29) is 11.7 Å². The van der Waals surface area contributed by atoms with Crippen molar-refractivity contribution in [2.24, 2.45) is 0 Å². The maximum atomic E-state index is 11.5. The van der Waals surface area contributed by atoms with E-state index in [1.807, 2.05) is 6.07 Å². The van der Waals surface area contributed by atoms with Gasteiger partial charge in [0.15, 0.2) is 0 Å². The van der Waals surface area contributed by atoms with Crippen LogP contribution < -0.4 is 0 Å². The number of hydrogen-bond donors (Lipinski definition) is 2. The van der Waals surface area contributed by atoms with E-state index in [1.165, 1.54) is 7.11 Å². The number of aromatic hydroxyl groups is 1. The van der Waals surface area contributed by atoms with Crippen LogP contribution in [0.4, 0.5) is 0 Å². The Morgan fingerprint density at radius 1 is 1.29 bits per heavy atom. The highest BCUT2D eigenvalue weighted by molar-refractivity contribution is 5.93. The molecule has 0 saturated carbocycles. The summed E-state index contributed by atoms with van der Waals surface area (Å²) >= 11 is 0. The summed E-state index contributed by atoms with van der Waals surface area (Å²) in [6.07, 6.45) is 0.580. The van der Waals surface area contributed by atoms with Gasteiger partial charge in [-0.25, -0.2) is 9.78 Å². The van der Waals surface area contributed by atoms with Crippen molar-refractivity contribution in [1.29, 1.82) is 0 Å². The van der Waals surface area contributed by atoms with E-state index in [2.05, 4.69) is 9.97 Å². The molecule has 0 fully saturated rings. The minimum absolute atomic E-state index is 0.233. The molecule has 2 N–H and O–H groups in total. The van der Waals surface area contributed by atoms with Gasteiger partial charge in [0.2, 0.25) is 0 Å². The second kappa shape index (κ2) is 5.28. The third-order valence-corrected chi connectivity index (χ3v) is 3.24. The number of carbonyl (C=O) groups is 1. The van der Waals surface area contributed by atoms with Crippen molar-refractivity contribution in [3.63, 3.8) is 0 Å². The average molecular weight is 282 g/mol. The topological polar surface area (TPSA) is 75.2 Å². The zero-order valence-electron chi connectivity index (χ0n) is 11.5. The van der Waals surface area contributed by atoms with E-state index in [0.29, 0.717) is 17.5 Å². The number of ether oxygens (including phenoxy) is 1. The van der Waals surface area contributed by atoms with Crippen LogP contribution in [0.1, 0.15) is 21.7 Å². The van der Waals surface area contributed by atoms with Crippen LogP contribution in [-0.2, 0) is 11.2 Å². The number of fused-ring (bicyclic) bond motifs is 1. The second-order valence-corrected chi connectivity index (χ2v) is 4.75. The number of methoxy groups -OCH3 is 1. The smallest absolute Gasteiger partial charge is 0.337 e. The number of imidazole rings is 1. The van der Waals surface area contributed by atoms with E-state index < -0.39 is 0 Å². The van der Waals surface area contributed by atoms with Crippen LogP contribution in [0, 0.1) is 0 Å². The third-order valence-electron chi connectivity index (χ3n) is 3.24. The van der Waals surface area contributed by atoms with E-state index in [9.17, 15) is 9.90 Å². The van der Waals surface area contributed by atoms with Crippen LogP contribution in [0.5, 0.6) is 5.75 Å². The summed E-state index contributed by atoms with van der Waals surface area (Å²) in [5.41, 5.74) is 3.01. The first-order valence-corrected chi connectivity index (χ1v) is 6.50. The number of phenolic OH excluding ortho intramolecular Hbond substituents is 1. The zero-order valence-corrected chi connectivity index (χ0v) is 11.5.